The van der Waals surface area contributed by atoms with Crippen LogP contribution in [0.5, 0.6) is 5.75 Å². The van der Waals surface area contributed by atoms with Crippen molar-refractivity contribution in [1.82, 2.24) is 14.5 Å². The molecule has 0 aliphatic carbocycles. The number of alkyl halides is 3. The SMILES string of the molecule is Fc1cccc(COc2ccc(Nc3ncnc4ccc(-n5ccc(C(F)(F)F)c5)cc34)cc2Cl)c1. The number of hydrogen-bond acceptors (Lipinski definition) is 4. The summed E-state index contributed by atoms with van der Waals surface area (Å²) >= 11 is 6.39. The standard InChI is InChI=1S/C26H17ClF4N4O/c27-22-11-19(4-7-24(22)36-14-16-2-1-3-18(28)10-16)34-25-21-12-20(5-6-23(21)32-15-33-25)35-9-8-17(13-35)26(29,30)31/h1-13,15H,14H2,(H,32,33,34). The van der Waals surface area contributed by atoms with Crippen molar-refractivity contribution in [3.63, 3.8) is 0 Å². The van der Waals surface area contributed by atoms with Crippen molar-refractivity contribution in [2.24, 2.45) is 0 Å². The van der Waals surface area contributed by atoms with Crippen molar-refractivity contribution < 1.29 is 22.3 Å². The van der Waals surface area contributed by atoms with Crippen LogP contribution in [0.1, 0.15) is 11.1 Å². The highest BCUT2D eigenvalue weighted by Crippen LogP contribution is 2.33. The van der Waals surface area contributed by atoms with Gasteiger partial charge in [-0.05, 0) is 60.2 Å². The molecule has 2 aromatic heterocycles. The molecule has 0 unspecified atom stereocenters. The molecule has 3 aromatic carbocycles. The minimum absolute atomic E-state index is 0.152. The molecule has 0 amide bonds. The van der Waals surface area contributed by atoms with Crippen LogP contribution >= 0.6 is 11.6 Å². The first-order chi connectivity index (χ1) is 17.3. The van der Waals surface area contributed by atoms with Gasteiger partial charge in [0.25, 0.3) is 0 Å². The molecule has 10 heteroatoms. The summed E-state index contributed by atoms with van der Waals surface area (Å²) in [5.41, 5.74) is 1.68. The van der Waals surface area contributed by atoms with Gasteiger partial charge in [-0.3, -0.25) is 0 Å². The summed E-state index contributed by atoms with van der Waals surface area (Å²) in [6.45, 7) is 0.152. The van der Waals surface area contributed by atoms with Crippen LogP contribution in [0.2, 0.25) is 5.02 Å². The number of halogens is 5. The van der Waals surface area contributed by atoms with Crippen LogP contribution in [0.25, 0.3) is 16.6 Å². The highest BCUT2D eigenvalue weighted by Gasteiger charge is 2.31. The molecule has 5 rings (SSSR count). The van der Waals surface area contributed by atoms with Crippen LogP contribution in [-0.4, -0.2) is 14.5 Å². The third kappa shape index (κ3) is 5.11. The highest BCUT2D eigenvalue weighted by molar-refractivity contribution is 6.32. The van der Waals surface area contributed by atoms with Crippen molar-refractivity contribution in [3.05, 3.63) is 107 Å². The van der Waals surface area contributed by atoms with Crippen LogP contribution in [-0.2, 0) is 12.8 Å². The summed E-state index contributed by atoms with van der Waals surface area (Å²) < 4.78 is 59.5. The largest absolute Gasteiger partial charge is 0.487 e. The lowest BCUT2D eigenvalue weighted by atomic mass is 10.2. The molecule has 0 saturated carbocycles. The Morgan fingerprint density at radius 2 is 1.83 bits per heavy atom. The lowest BCUT2D eigenvalue weighted by Gasteiger charge is -2.13. The lowest BCUT2D eigenvalue weighted by molar-refractivity contribution is -0.137. The third-order valence-electron chi connectivity index (χ3n) is 5.42. The van der Waals surface area contributed by atoms with Crippen molar-refractivity contribution >= 4 is 34.0 Å². The van der Waals surface area contributed by atoms with E-state index < -0.39 is 11.7 Å². The first-order valence-electron chi connectivity index (χ1n) is 10.7. The van der Waals surface area contributed by atoms with E-state index in [1.807, 2.05) is 0 Å². The smallest absolute Gasteiger partial charge is 0.417 e. The Bertz CT molecular complexity index is 1550. The van der Waals surface area contributed by atoms with Crippen LogP contribution in [0.3, 0.4) is 0 Å². The van der Waals surface area contributed by atoms with Gasteiger partial charge in [0.15, 0.2) is 0 Å². The Hall–Kier alpha value is -4.11. The molecule has 5 nitrogen and oxygen atoms in total. The van der Waals surface area contributed by atoms with E-state index in [1.165, 1.54) is 29.2 Å². The number of nitrogens with one attached hydrogen (secondary N) is 1. The van der Waals surface area contributed by atoms with E-state index in [-0.39, 0.29) is 12.4 Å². The predicted octanol–water partition coefficient (Wildman–Crippen LogP) is 7.55. The van der Waals surface area contributed by atoms with Gasteiger partial charge >= 0.3 is 6.18 Å². The topological polar surface area (TPSA) is 52.0 Å². The number of anilines is 2. The number of benzene rings is 3. The van der Waals surface area contributed by atoms with E-state index in [1.54, 1.807) is 48.5 Å². The molecule has 1 N–H and O–H groups in total. The monoisotopic (exact) mass is 512 g/mol. The van der Waals surface area contributed by atoms with E-state index >= 15 is 0 Å². The summed E-state index contributed by atoms with van der Waals surface area (Å²) in [4.78, 5) is 8.54. The van der Waals surface area contributed by atoms with E-state index in [0.29, 0.717) is 44.4 Å². The summed E-state index contributed by atoms with van der Waals surface area (Å²) in [7, 11) is 0. The number of hydrogen-bond donors (Lipinski definition) is 1. The van der Waals surface area contributed by atoms with Crippen molar-refractivity contribution in [1.29, 1.82) is 0 Å². The Kier molecular flexibility index (Phi) is 6.24. The van der Waals surface area contributed by atoms with Gasteiger partial charge < -0.3 is 14.6 Å². The zero-order chi connectivity index (χ0) is 25.3. The van der Waals surface area contributed by atoms with Gasteiger partial charge in [-0.25, -0.2) is 14.4 Å². The fourth-order valence-electron chi connectivity index (χ4n) is 3.65. The predicted molar refractivity (Wildman–Crippen MR) is 129 cm³/mol. The second-order valence-corrected chi connectivity index (χ2v) is 8.32. The van der Waals surface area contributed by atoms with Gasteiger partial charge in [-0.2, -0.15) is 13.2 Å². The van der Waals surface area contributed by atoms with E-state index in [9.17, 15) is 17.6 Å². The molecular formula is C26H17ClF4N4O. The average molecular weight is 513 g/mol. The normalized spacial score (nSPS) is 11.6. The van der Waals surface area contributed by atoms with Crippen LogP contribution in [0.4, 0.5) is 29.1 Å². The van der Waals surface area contributed by atoms with Gasteiger partial charge in [-0.1, -0.05) is 23.7 Å². The Morgan fingerprint density at radius 1 is 0.972 bits per heavy atom. The highest BCUT2D eigenvalue weighted by atomic mass is 35.5. The number of rotatable bonds is 6. The van der Waals surface area contributed by atoms with Gasteiger partial charge in [0, 0.05) is 29.2 Å². The first-order valence-corrected chi connectivity index (χ1v) is 11.1. The van der Waals surface area contributed by atoms with Crippen molar-refractivity contribution in [2.75, 3.05) is 5.32 Å². The molecule has 0 aliphatic heterocycles. The van der Waals surface area contributed by atoms with Crippen LogP contribution in [0, 0.1) is 5.82 Å². The molecule has 0 spiro atoms. The summed E-state index contributed by atoms with van der Waals surface area (Å²) in [5.74, 6) is 0.531. The molecule has 2 heterocycles. The third-order valence-corrected chi connectivity index (χ3v) is 5.71. The maximum Gasteiger partial charge on any atom is 0.417 e. The second-order valence-electron chi connectivity index (χ2n) is 7.92. The fourth-order valence-corrected chi connectivity index (χ4v) is 3.88. The molecular weight excluding hydrogens is 496 g/mol. The molecule has 5 aromatic rings. The molecule has 182 valence electrons. The Morgan fingerprint density at radius 3 is 2.58 bits per heavy atom. The Balaban J connectivity index is 1.38. The minimum Gasteiger partial charge on any atom is -0.487 e. The summed E-state index contributed by atoms with van der Waals surface area (Å²) in [5, 5.41) is 4.12. The summed E-state index contributed by atoms with van der Waals surface area (Å²) in [6.07, 6.45) is -0.659. The molecule has 0 saturated heterocycles. The van der Waals surface area contributed by atoms with Crippen molar-refractivity contribution in [3.8, 4) is 11.4 Å². The Labute approximate surface area is 208 Å². The molecule has 36 heavy (non-hydrogen) atoms. The average Bonchev–Trinajstić information content (AvgIpc) is 3.35. The van der Waals surface area contributed by atoms with E-state index in [4.69, 9.17) is 16.3 Å². The quantitative estimate of drug-likeness (QED) is 0.239. The van der Waals surface area contributed by atoms with E-state index in [0.717, 1.165) is 12.3 Å². The zero-order valence-corrected chi connectivity index (χ0v) is 19.2. The maximum atomic E-state index is 13.4. The molecule has 0 aliphatic rings. The number of aromatic nitrogens is 3. The first kappa shape index (κ1) is 23.6. The van der Waals surface area contributed by atoms with Gasteiger partial charge in [0.2, 0.25) is 0 Å². The maximum absolute atomic E-state index is 13.4. The molecule has 0 bridgehead atoms. The molecule has 0 radical (unpaired) electrons. The van der Waals surface area contributed by atoms with Crippen LogP contribution in [0.15, 0.2) is 85.5 Å². The summed E-state index contributed by atoms with van der Waals surface area (Å²) in [6, 6.07) is 17.3. The molecule has 0 atom stereocenters. The van der Waals surface area contributed by atoms with Gasteiger partial charge in [0.1, 0.15) is 30.3 Å². The number of fused-ring (bicyclic) bond motifs is 1. The van der Waals surface area contributed by atoms with Gasteiger partial charge in [-0.15, -0.1) is 0 Å². The second kappa shape index (κ2) is 9.50. The zero-order valence-electron chi connectivity index (χ0n) is 18.4. The lowest BCUT2D eigenvalue weighted by Crippen LogP contribution is -2.03. The van der Waals surface area contributed by atoms with Crippen molar-refractivity contribution in [2.45, 2.75) is 12.8 Å². The minimum atomic E-state index is -4.43. The fraction of sp³-hybridized carbons (Fsp3) is 0.0769. The van der Waals surface area contributed by atoms with Crippen LogP contribution < -0.4 is 10.1 Å². The number of ether oxygens (including phenoxy) is 1. The van der Waals surface area contributed by atoms with E-state index in [2.05, 4.69) is 15.3 Å². The van der Waals surface area contributed by atoms with Gasteiger partial charge in [0.05, 0.1) is 16.1 Å². The number of nitrogens with zero attached hydrogens (tertiary/aromatic N) is 3. The molecule has 0 fully saturated rings.